The second-order valence-electron chi connectivity index (χ2n) is 6.14. The molecule has 2 rings (SSSR count). The Morgan fingerprint density at radius 3 is 2.79 bits per heavy atom. The first kappa shape index (κ1) is 21.3. The summed E-state index contributed by atoms with van der Waals surface area (Å²) >= 11 is 0. The molecule has 0 radical (unpaired) electrons. The molecule has 5 nitrogen and oxygen atoms in total. The van der Waals surface area contributed by atoms with Gasteiger partial charge in [0.05, 0.1) is 12.4 Å². The molecular weight excluding hydrogens is 417 g/mol. The van der Waals surface area contributed by atoms with Crippen LogP contribution in [0, 0.1) is 5.92 Å². The Hall–Kier alpha value is -0.760. The highest BCUT2D eigenvalue weighted by Gasteiger charge is 2.15. The van der Waals surface area contributed by atoms with Gasteiger partial charge in [0.1, 0.15) is 5.76 Å². The second-order valence-corrected chi connectivity index (χ2v) is 6.14. The number of hydrogen-bond donors (Lipinski definition) is 2. The van der Waals surface area contributed by atoms with E-state index in [2.05, 4.69) is 24.5 Å². The van der Waals surface area contributed by atoms with Crippen LogP contribution in [0.3, 0.4) is 0 Å². The average Bonchev–Trinajstić information content (AvgIpc) is 3.26. The zero-order valence-electron chi connectivity index (χ0n) is 14.9. The third-order valence-electron chi connectivity index (χ3n) is 4.43. The first-order valence-corrected chi connectivity index (χ1v) is 8.98. The van der Waals surface area contributed by atoms with Crippen LogP contribution >= 0.6 is 24.0 Å². The average molecular weight is 449 g/mol. The van der Waals surface area contributed by atoms with Gasteiger partial charge in [0.2, 0.25) is 0 Å². The lowest BCUT2D eigenvalue weighted by molar-refractivity contribution is 0.114. The fraction of sp³-hybridized carbons (Fsp3) is 0.722. The molecule has 1 unspecified atom stereocenters. The fourth-order valence-electron chi connectivity index (χ4n) is 2.72. The minimum Gasteiger partial charge on any atom is -0.469 e. The number of furan rings is 1. The van der Waals surface area contributed by atoms with E-state index in [9.17, 15) is 0 Å². The van der Waals surface area contributed by atoms with Crippen molar-refractivity contribution in [2.24, 2.45) is 10.9 Å². The topological polar surface area (TPSA) is 58.8 Å². The van der Waals surface area contributed by atoms with Gasteiger partial charge in [-0.05, 0) is 30.9 Å². The molecular formula is C18H32IN3O2. The third-order valence-corrected chi connectivity index (χ3v) is 4.43. The lowest BCUT2D eigenvalue weighted by Gasteiger charge is -2.17. The molecule has 6 heteroatoms. The van der Waals surface area contributed by atoms with Gasteiger partial charge in [-0.1, -0.05) is 26.7 Å². The van der Waals surface area contributed by atoms with E-state index in [1.165, 1.54) is 19.3 Å². The summed E-state index contributed by atoms with van der Waals surface area (Å²) in [5, 5.41) is 6.84. The number of ether oxygens (including phenoxy) is 1. The standard InChI is InChI=1S/C18H31N3O2.HI/c1-3-15(4-2)13-20-18(21-14-17-8-6-12-23-17)19-10-9-16-7-5-11-22-16;/h5,7,11,15,17H,3-4,6,8-10,12-14H2,1-2H3,(H2,19,20,21);1H. The van der Waals surface area contributed by atoms with Crippen molar-refractivity contribution in [1.82, 2.24) is 10.6 Å². The Labute approximate surface area is 163 Å². The summed E-state index contributed by atoms with van der Waals surface area (Å²) in [6, 6.07) is 3.93. The maximum Gasteiger partial charge on any atom is 0.191 e. The molecule has 0 spiro atoms. The fourth-order valence-corrected chi connectivity index (χ4v) is 2.72. The van der Waals surface area contributed by atoms with Crippen LogP contribution in [-0.2, 0) is 11.2 Å². The summed E-state index contributed by atoms with van der Waals surface area (Å²) in [7, 11) is 0. The largest absolute Gasteiger partial charge is 0.469 e. The highest BCUT2D eigenvalue weighted by Crippen LogP contribution is 2.11. The summed E-state index contributed by atoms with van der Waals surface area (Å²) < 4.78 is 11.0. The quantitative estimate of drug-likeness (QED) is 0.344. The molecule has 1 saturated heterocycles. The molecule has 2 N–H and O–H groups in total. The summed E-state index contributed by atoms with van der Waals surface area (Å²) in [5.74, 6) is 2.54. The molecule has 1 fully saturated rings. The minimum absolute atomic E-state index is 0. The zero-order chi connectivity index (χ0) is 16.3. The predicted molar refractivity (Wildman–Crippen MR) is 109 cm³/mol. The number of guanidine groups is 1. The number of hydrogen-bond acceptors (Lipinski definition) is 3. The highest BCUT2D eigenvalue weighted by atomic mass is 127. The Kier molecular flexibility index (Phi) is 11.2. The van der Waals surface area contributed by atoms with E-state index in [0.717, 1.165) is 50.8 Å². The minimum atomic E-state index is 0. The summed E-state index contributed by atoms with van der Waals surface area (Å²) in [4.78, 5) is 4.75. The zero-order valence-corrected chi connectivity index (χ0v) is 17.3. The van der Waals surface area contributed by atoms with Crippen molar-refractivity contribution in [3.05, 3.63) is 24.2 Å². The number of aliphatic imine (C=N–C) groups is 1. The van der Waals surface area contributed by atoms with Gasteiger partial charge >= 0.3 is 0 Å². The van der Waals surface area contributed by atoms with Crippen LogP contribution in [0.1, 0.15) is 45.3 Å². The van der Waals surface area contributed by atoms with Gasteiger partial charge in [-0.3, -0.25) is 4.99 Å². The first-order valence-electron chi connectivity index (χ1n) is 8.98. The molecule has 1 atom stereocenters. The van der Waals surface area contributed by atoms with Crippen molar-refractivity contribution < 1.29 is 9.15 Å². The van der Waals surface area contributed by atoms with Crippen LogP contribution in [-0.4, -0.2) is 38.3 Å². The Morgan fingerprint density at radius 2 is 2.17 bits per heavy atom. The number of nitrogens with zero attached hydrogens (tertiary/aromatic N) is 1. The van der Waals surface area contributed by atoms with E-state index in [4.69, 9.17) is 14.1 Å². The van der Waals surface area contributed by atoms with Crippen molar-refractivity contribution >= 4 is 29.9 Å². The van der Waals surface area contributed by atoms with Gasteiger partial charge in [-0.2, -0.15) is 0 Å². The summed E-state index contributed by atoms with van der Waals surface area (Å²) in [5.41, 5.74) is 0. The van der Waals surface area contributed by atoms with Gasteiger partial charge in [-0.15, -0.1) is 24.0 Å². The molecule has 1 aliphatic rings. The van der Waals surface area contributed by atoms with Gasteiger partial charge in [-0.25, -0.2) is 0 Å². The maximum atomic E-state index is 5.67. The second kappa shape index (κ2) is 12.6. The summed E-state index contributed by atoms with van der Waals surface area (Å²) in [6.45, 7) is 7.86. The van der Waals surface area contributed by atoms with E-state index >= 15 is 0 Å². The third kappa shape index (κ3) is 7.88. The Balaban J connectivity index is 0.00000288. The lowest BCUT2D eigenvalue weighted by Crippen LogP contribution is -2.42. The van der Waals surface area contributed by atoms with Crippen LogP contribution in [0.4, 0.5) is 0 Å². The monoisotopic (exact) mass is 449 g/mol. The molecule has 0 bridgehead atoms. The lowest BCUT2D eigenvalue weighted by atomic mass is 10.0. The number of halogens is 1. The van der Waals surface area contributed by atoms with Crippen molar-refractivity contribution in [1.29, 1.82) is 0 Å². The SMILES string of the molecule is CCC(CC)CN=C(NCCc1ccco1)NCC1CCCO1.I. The Bertz CT molecular complexity index is 441. The van der Waals surface area contributed by atoms with E-state index in [0.29, 0.717) is 12.0 Å². The van der Waals surface area contributed by atoms with Crippen molar-refractivity contribution in [2.75, 3.05) is 26.2 Å². The summed E-state index contributed by atoms with van der Waals surface area (Å²) in [6.07, 6.45) is 7.54. The van der Waals surface area contributed by atoms with Crippen LogP contribution < -0.4 is 10.6 Å². The van der Waals surface area contributed by atoms with Crippen molar-refractivity contribution in [3.8, 4) is 0 Å². The first-order chi connectivity index (χ1) is 11.3. The smallest absolute Gasteiger partial charge is 0.191 e. The number of nitrogens with one attached hydrogen (secondary N) is 2. The number of rotatable bonds is 9. The van der Waals surface area contributed by atoms with Gasteiger partial charge in [0, 0.05) is 32.7 Å². The van der Waals surface area contributed by atoms with E-state index in [-0.39, 0.29) is 24.0 Å². The van der Waals surface area contributed by atoms with Crippen molar-refractivity contribution in [3.63, 3.8) is 0 Å². The van der Waals surface area contributed by atoms with E-state index < -0.39 is 0 Å². The normalized spacial score (nSPS) is 17.8. The van der Waals surface area contributed by atoms with Gasteiger partial charge in [0.25, 0.3) is 0 Å². The molecule has 2 heterocycles. The molecule has 138 valence electrons. The van der Waals surface area contributed by atoms with Crippen LogP contribution in [0.5, 0.6) is 0 Å². The molecule has 0 amide bonds. The molecule has 1 aromatic heterocycles. The molecule has 0 aliphatic carbocycles. The van der Waals surface area contributed by atoms with Gasteiger partial charge in [0.15, 0.2) is 5.96 Å². The van der Waals surface area contributed by atoms with Crippen LogP contribution in [0.15, 0.2) is 27.8 Å². The molecule has 24 heavy (non-hydrogen) atoms. The highest BCUT2D eigenvalue weighted by molar-refractivity contribution is 14.0. The molecule has 0 aromatic carbocycles. The Morgan fingerprint density at radius 1 is 1.33 bits per heavy atom. The van der Waals surface area contributed by atoms with Crippen LogP contribution in [0.25, 0.3) is 0 Å². The van der Waals surface area contributed by atoms with Gasteiger partial charge < -0.3 is 19.8 Å². The maximum absolute atomic E-state index is 5.67. The van der Waals surface area contributed by atoms with Crippen LogP contribution in [0.2, 0.25) is 0 Å². The molecule has 0 saturated carbocycles. The molecule has 1 aromatic rings. The van der Waals surface area contributed by atoms with Crippen molar-refractivity contribution in [2.45, 2.75) is 52.1 Å². The van der Waals surface area contributed by atoms with E-state index in [1.54, 1.807) is 6.26 Å². The predicted octanol–water partition coefficient (Wildman–Crippen LogP) is 3.59. The van der Waals surface area contributed by atoms with E-state index in [1.807, 2.05) is 12.1 Å². The molecule has 1 aliphatic heterocycles.